The maximum absolute atomic E-state index is 8.91. The molecule has 0 amide bonds. The molecule has 0 atom stereocenters. The zero-order valence-electron chi connectivity index (χ0n) is 14.5. The van der Waals surface area contributed by atoms with E-state index in [0.717, 1.165) is 27.1 Å². The molecule has 120 valence electrons. The van der Waals surface area contributed by atoms with E-state index in [-0.39, 0.29) is 94.1 Å². The Morgan fingerprint density at radius 2 is 0.842 bits per heavy atom. The van der Waals surface area contributed by atoms with E-state index >= 15 is 0 Å². The predicted octanol–water partition coefficient (Wildman–Crippen LogP) is 3.23. The van der Waals surface area contributed by atoms with Crippen LogP contribution >= 0.6 is 0 Å². The predicted molar refractivity (Wildman–Crippen MR) is 83.9 cm³/mol. The zero-order valence-corrected chi connectivity index (χ0v) is 17.6. The fourth-order valence-electron chi connectivity index (χ4n) is 1.08. The minimum atomic E-state index is 0. The van der Waals surface area contributed by atoms with Crippen molar-refractivity contribution in [1.29, 1.82) is 0 Å². The Bertz CT molecular complexity index is 62.7. The first-order chi connectivity index (χ1) is 5.39. The number of hydrogen-bond donors (Lipinski definition) is 3. The Kier molecular flexibility index (Phi) is 280. The average Bonchev–Trinajstić information content (AvgIpc) is 2.13. The number of hydrogen-bond acceptors (Lipinski definition) is 3. The molecule has 1 rings (SSSR count). The van der Waals surface area contributed by atoms with Gasteiger partial charge in [0.1, 0.15) is 0 Å². The Balaban J connectivity index is -0.00000000789. The standard InChI is InChI=1S/C6H12O.2CH4O.6CH3.2Ti/c7-6-4-2-1-3-5-6;2*1-2;;;;;;;;/h6-7H,1-5H2;2*2H,1H3;6*1H3;;/q;;;6*-1;+2;+4. The van der Waals surface area contributed by atoms with Gasteiger partial charge < -0.3 is 59.9 Å². The summed E-state index contributed by atoms with van der Waals surface area (Å²) in [4.78, 5) is 0. The second-order valence-corrected chi connectivity index (χ2v) is 2.29. The number of aliphatic hydroxyl groups is 3. The van der Waals surface area contributed by atoms with Crippen molar-refractivity contribution >= 4 is 0 Å². The molecule has 0 unspecified atom stereocenters. The van der Waals surface area contributed by atoms with Crippen LogP contribution in [-0.2, 0) is 43.4 Å². The molecule has 5 heteroatoms. The van der Waals surface area contributed by atoms with Crippen molar-refractivity contribution in [1.82, 2.24) is 0 Å². The van der Waals surface area contributed by atoms with Crippen molar-refractivity contribution in [3.8, 4) is 0 Å². The SMILES string of the molecule is CO.CO.OC1CCCCC1.[CH3-].[CH3-].[CH3-].[CH3-].[CH3-].[CH3-].[Ti+2].[Ti+4]. The van der Waals surface area contributed by atoms with Crippen LogP contribution in [0.3, 0.4) is 0 Å². The summed E-state index contributed by atoms with van der Waals surface area (Å²) in [5.41, 5.74) is 0. The van der Waals surface area contributed by atoms with Gasteiger partial charge in [-0.15, -0.1) is 0 Å². The molecule has 3 nitrogen and oxygen atoms in total. The van der Waals surface area contributed by atoms with Gasteiger partial charge in [0.15, 0.2) is 0 Å². The molecule has 0 aromatic heterocycles. The molecule has 0 saturated heterocycles. The van der Waals surface area contributed by atoms with Crippen LogP contribution in [0, 0.1) is 44.6 Å². The van der Waals surface area contributed by atoms with Gasteiger partial charge in [0, 0.05) is 14.2 Å². The third-order valence-corrected chi connectivity index (χ3v) is 1.57. The van der Waals surface area contributed by atoms with Gasteiger partial charge in [0.05, 0.1) is 6.10 Å². The van der Waals surface area contributed by atoms with E-state index in [9.17, 15) is 0 Å². The summed E-state index contributed by atoms with van der Waals surface area (Å²) >= 11 is 0. The molecule has 1 fully saturated rings. The fourth-order valence-corrected chi connectivity index (χ4v) is 1.08. The third-order valence-electron chi connectivity index (χ3n) is 1.57. The second-order valence-electron chi connectivity index (χ2n) is 2.29. The second kappa shape index (κ2) is 74.7. The summed E-state index contributed by atoms with van der Waals surface area (Å²) in [6.45, 7) is 0. The quantitative estimate of drug-likeness (QED) is 0.464. The van der Waals surface area contributed by atoms with E-state index in [1.165, 1.54) is 19.3 Å². The molecule has 1 aliphatic carbocycles. The van der Waals surface area contributed by atoms with Crippen LogP contribution in [0.5, 0.6) is 0 Å². The van der Waals surface area contributed by atoms with Gasteiger partial charge >= 0.3 is 43.4 Å². The Morgan fingerprint density at radius 1 is 0.632 bits per heavy atom. The Hall–Kier alpha value is 1.31. The first kappa shape index (κ1) is 71.2. The maximum Gasteiger partial charge on any atom is 4.00 e. The van der Waals surface area contributed by atoms with Crippen LogP contribution in [-0.4, -0.2) is 35.6 Å². The minimum Gasteiger partial charge on any atom is -0.400 e. The topological polar surface area (TPSA) is 60.7 Å². The third kappa shape index (κ3) is 66.8. The van der Waals surface area contributed by atoms with Gasteiger partial charge in [-0.25, -0.2) is 0 Å². The summed E-state index contributed by atoms with van der Waals surface area (Å²) in [6.07, 6.45) is 5.92. The molecule has 0 aromatic carbocycles. The van der Waals surface area contributed by atoms with Crippen molar-refractivity contribution in [3.63, 3.8) is 0 Å². The summed E-state index contributed by atoms with van der Waals surface area (Å²) in [5.74, 6) is 0. The molecule has 0 spiro atoms. The summed E-state index contributed by atoms with van der Waals surface area (Å²) in [7, 11) is 2.00. The van der Waals surface area contributed by atoms with E-state index < -0.39 is 0 Å². The number of rotatable bonds is 0. The largest absolute Gasteiger partial charge is 4.00 e. The monoisotopic (exact) mass is 350 g/mol. The molecule has 3 N–H and O–H groups in total. The molecule has 19 heavy (non-hydrogen) atoms. The van der Waals surface area contributed by atoms with E-state index in [1.54, 1.807) is 0 Å². The molecule has 1 aliphatic rings. The van der Waals surface area contributed by atoms with Crippen LogP contribution in [0.2, 0.25) is 0 Å². The van der Waals surface area contributed by atoms with Crippen molar-refractivity contribution in [3.05, 3.63) is 44.6 Å². The number of aliphatic hydroxyl groups excluding tert-OH is 3. The maximum atomic E-state index is 8.91. The van der Waals surface area contributed by atoms with Crippen LogP contribution in [0.4, 0.5) is 0 Å². The summed E-state index contributed by atoms with van der Waals surface area (Å²) in [5, 5.41) is 22.9. The van der Waals surface area contributed by atoms with Crippen molar-refractivity contribution in [2.45, 2.75) is 38.2 Å². The Labute approximate surface area is 155 Å². The summed E-state index contributed by atoms with van der Waals surface area (Å²) in [6, 6.07) is 0. The van der Waals surface area contributed by atoms with Crippen molar-refractivity contribution in [2.75, 3.05) is 14.2 Å². The molecule has 0 aromatic rings. The van der Waals surface area contributed by atoms with Crippen LogP contribution < -0.4 is 0 Å². The first-order valence-electron chi connectivity index (χ1n) is 3.97. The molecule has 0 bridgehead atoms. The van der Waals surface area contributed by atoms with Crippen molar-refractivity contribution < 1.29 is 58.8 Å². The average molecular weight is 350 g/mol. The van der Waals surface area contributed by atoms with Gasteiger partial charge in [0.2, 0.25) is 0 Å². The van der Waals surface area contributed by atoms with E-state index in [1.807, 2.05) is 0 Å². The van der Waals surface area contributed by atoms with Crippen LogP contribution in [0.25, 0.3) is 0 Å². The fraction of sp³-hybridized carbons (Fsp3) is 0.571. The van der Waals surface area contributed by atoms with Gasteiger partial charge in [-0.05, 0) is 12.8 Å². The molecule has 1 saturated carbocycles. The zero-order chi connectivity index (χ0) is 9.11. The van der Waals surface area contributed by atoms with Gasteiger partial charge in [0.25, 0.3) is 0 Å². The molecule has 0 radical (unpaired) electrons. The van der Waals surface area contributed by atoms with Gasteiger partial charge in [-0.1, -0.05) is 19.3 Å². The molecular weight excluding hydrogens is 312 g/mol. The van der Waals surface area contributed by atoms with E-state index in [2.05, 4.69) is 0 Å². The normalized spacial score (nSPS) is 9.95. The molecular formula is C14H38O3Ti2. The smallest absolute Gasteiger partial charge is 0.400 e. The molecule has 0 aliphatic heterocycles. The van der Waals surface area contributed by atoms with E-state index in [0.29, 0.717) is 0 Å². The molecule has 0 heterocycles. The minimum absolute atomic E-state index is 0. The van der Waals surface area contributed by atoms with Crippen LogP contribution in [0.15, 0.2) is 0 Å². The Morgan fingerprint density at radius 3 is 0.947 bits per heavy atom. The van der Waals surface area contributed by atoms with Gasteiger partial charge in [-0.3, -0.25) is 0 Å². The summed E-state index contributed by atoms with van der Waals surface area (Å²) < 4.78 is 0. The van der Waals surface area contributed by atoms with Crippen molar-refractivity contribution in [2.24, 2.45) is 0 Å². The van der Waals surface area contributed by atoms with E-state index in [4.69, 9.17) is 15.3 Å². The van der Waals surface area contributed by atoms with Crippen LogP contribution in [0.1, 0.15) is 32.1 Å². The van der Waals surface area contributed by atoms with Gasteiger partial charge in [-0.2, -0.15) is 0 Å². The first-order valence-corrected chi connectivity index (χ1v) is 3.97.